The van der Waals surface area contributed by atoms with Gasteiger partial charge in [-0.1, -0.05) is 23.2 Å². The largest absolute Gasteiger partial charge is 0.379 e. The van der Waals surface area contributed by atoms with Crippen LogP contribution < -0.4 is 11.3 Å². The fourth-order valence-corrected chi connectivity index (χ4v) is 1.70. The summed E-state index contributed by atoms with van der Waals surface area (Å²) in [4.78, 5) is 14.5. The van der Waals surface area contributed by atoms with Gasteiger partial charge in [0.2, 0.25) is 0 Å². The lowest BCUT2D eigenvalue weighted by Crippen LogP contribution is -2.55. The first-order chi connectivity index (χ1) is 8.12. The van der Waals surface area contributed by atoms with Crippen molar-refractivity contribution in [3.63, 3.8) is 0 Å². The average Bonchev–Trinajstić information content (AvgIpc) is 2.26. The van der Waals surface area contributed by atoms with E-state index in [1.165, 1.54) is 5.43 Å². The van der Waals surface area contributed by atoms with E-state index in [1.54, 1.807) is 0 Å². The molecule has 1 amide bonds. The number of nitrogens with zero attached hydrogens (tertiary/aromatic N) is 1. The van der Waals surface area contributed by atoms with Gasteiger partial charge in [-0.3, -0.25) is 10.2 Å². The van der Waals surface area contributed by atoms with Crippen molar-refractivity contribution in [2.45, 2.75) is 18.4 Å². The number of rotatable bonds is 3. The van der Waals surface area contributed by atoms with Gasteiger partial charge >= 0.3 is 11.8 Å². The maximum absolute atomic E-state index is 13.7. The molecule has 100 valence electrons. The summed E-state index contributed by atoms with van der Waals surface area (Å²) in [6.45, 7) is 0.740. The Labute approximate surface area is 111 Å². The van der Waals surface area contributed by atoms with Crippen LogP contribution in [-0.2, 0) is 10.4 Å². The standard InChI is InChI=1S/C9H9Cl2F2N3O2/c1-8(18,9(12,13)7(17)16-14)4-2-5(10)15-6(11)3-4/h2-3,18H,14H2,1H3,(H,16,17). The fourth-order valence-electron chi connectivity index (χ4n) is 1.24. The lowest BCUT2D eigenvalue weighted by Gasteiger charge is -2.31. The molecule has 1 unspecified atom stereocenters. The number of aromatic nitrogens is 1. The minimum absolute atomic E-state index is 0.193. The van der Waals surface area contributed by atoms with Gasteiger partial charge in [0, 0.05) is 0 Å². The lowest BCUT2D eigenvalue weighted by molar-refractivity contribution is -0.191. The summed E-state index contributed by atoms with van der Waals surface area (Å²) < 4.78 is 27.4. The van der Waals surface area contributed by atoms with E-state index in [0.717, 1.165) is 19.1 Å². The second kappa shape index (κ2) is 4.93. The summed E-state index contributed by atoms with van der Waals surface area (Å²) in [5.41, 5.74) is -1.92. The molecule has 0 saturated heterocycles. The molecule has 1 rings (SSSR count). The third-order valence-corrected chi connectivity index (χ3v) is 2.74. The minimum atomic E-state index is -4.17. The molecule has 1 aromatic rings. The summed E-state index contributed by atoms with van der Waals surface area (Å²) in [6.07, 6.45) is 0. The smallest absolute Gasteiger partial charge is 0.357 e. The van der Waals surface area contributed by atoms with Gasteiger partial charge in [-0.2, -0.15) is 8.78 Å². The molecule has 0 aliphatic heterocycles. The maximum atomic E-state index is 13.7. The third kappa shape index (κ3) is 2.54. The normalized spacial score (nSPS) is 15.1. The molecule has 0 aromatic carbocycles. The van der Waals surface area contributed by atoms with Crippen molar-refractivity contribution in [3.8, 4) is 0 Å². The molecule has 0 aliphatic carbocycles. The second-order valence-corrected chi connectivity index (χ2v) is 4.40. The Balaban J connectivity index is 3.32. The monoisotopic (exact) mass is 299 g/mol. The number of carbonyl (C=O) groups is 1. The summed E-state index contributed by atoms with van der Waals surface area (Å²) in [7, 11) is 0. The van der Waals surface area contributed by atoms with Gasteiger partial charge in [-0.15, -0.1) is 0 Å². The topological polar surface area (TPSA) is 88.2 Å². The van der Waals surface area contributed by atoms with E-state index in [4.69, 9.17) is 23.2 Å². The minimum Gasteiger partial charge on any atom is -0.379 e. The first kappa shape index (κ1) is 15.0. The molecule has 1 heterocycles. The van der Waals surface area contributed by atoms with Gasteiger partial charge in [0.15, 0.2) is 5.60 Å². The highest BCUT2D eigenvalue weighted by atomic mass is 35.5. The van der Waals surface area contributed by atoms with Crippen LogP contribution in [0.15, 0.2) is 12.1 Å². The molecule has 0 saturated carbocycles. The first-order valence-corrected chi connectivity index (χ1v) is 5.33. The van der Waals surface area contributed by atoms with Gasteiger partial charge < -0.3 is 5.11 Å². The van der Waals surface area contributed by atoms with Crippen molar-refractivity contribution in [1.29, 1.82) is 0 Å². The number of alkyl halides is 2. The van der Waals surface area contributed by atoms with Gasteiger partial charge in [-0.25, -0.2) is 10.8 Å². The molecular formula is C9H9Cl2F2N3O2. The molecule has 1 atom stereocenters. The molecule has 0 aliphatic rings. The zero-order chi connectivity index (χ0) is 14.1. The van der Waals surface area contributed by atoms with E-state index in [2.05, 4.69) is 10.8 Å². The number of halogens is 4. The van der Waals surface area contributed by atoms with Gasteiger partial charge in [-0.05, 0) is 24.6 Å². The molecule has 18 heavy (non-hydrogen) atoms. The molecular weight excluding hydrogens is 291 g/mol. The van der Waals surface area contributed by atoms with E-state index in [-0.39, 0.29) is 15.9 Å². The van der Waals surface area contributed by atoms with E-state index in [0.29, 0.717) is 0 Å². The average molecular weight is 300 g/mol. The van der Waals surface area contributed by atoms with Crippen molar-refractivity contribution in [2.75, 3.05) is 0 Å². The van der Waals surface area contributed by atoms with Crippen LogP contribution in [0, 0.1) is 0 Å². The van der Waals surface area contributed by atoms with Crippen LogP contribution >= 0.6 is 23.2 Å². The number of aliphatic hydroxyl groups is 1. The Morgan fingerprint density at radius 2 is 1.89 bits per heavy atom. The van der Waals surface area contributed by atoms with E-state index in [1.807, 2.05) is 0 Å². The van der Waals surface area contributed by atoms with E-state index >= 15 is 0 Å². The van der Waals surface area contributed by atoms with Crippen LogP contribution in [0.5, 0.6) is 0 Å². The molecule has 4 N–H and O–H groups in total. The number of hydrogen-bond donors (Lipinski definition) is 3. The number of hydrogen-bond acceptors (Lipinski definition) is 4. The molecule has 0 radical (unpaired) electrons. The Bertz CT molecular complexity index is 463. The third-order valence-electron chi connectivity index (χ3n) is 2.35. The van der Waals surface area contributed by atoms with Crippen LogP contribution in [0.1, 0.15) is 12.5 Å². The highest BCUT2D eigenvalue weighted by Crippen LogP contribution is 2.38. The van der Waals surface area contributed by atoms with Crippen LogP contribution in [0.2, 0.25) is 10.3 Å². The lowest BCUT2D eigenvalue weighted by atomic mass is 9.89. The molecule has 0 spiro atoms. The summed E-state index contributed by atoms with van der Waals surface area (Å²) in [5.74, 6) is -1.37. The predicted molar refractivity (Wildman–Crippen MR) is 61.1 cm³/mol. The molecule has 1 aromatic heterocycles. The van der Waals surface area contributed by atoms with E-state index < -0.39 is 17.4 Å². The van der Waals surface area contributed by atoms with Gasteiger partial charge in [0.25, 0.3) is 0 Å². The van der Waals surface area contributed by atoms with Gasteiger partial charge in [0.1, 0.15) is 10.3 Å². The Morgan fingerprint density at radius 1 is 1.44 bits per heavy atom. The number of hydrazine groups is 1. The molecule has 5 nitrogen and oxygen atoms in total. The quantitative estimate of drug-likeness (QED) is 0.339. The molecule has 0 fully saturated rings. The molecule has 9 heteroatoms. The predicted octanol–water partition coefficient (Wildman–Crippen LogP) is 1.22. The highest BCUT2D eigenvalue weighted by Gasteiger charge is 2.56. The van der Waals surface area contributed by atoms with Crippen molar-refractivity contribution >= 4 is 29.1 Å². The van der Waals surface area contributed by atoms with Crippen molar-refractivity contribution in [3.05, 3.63) is 28.0 Å². The van der Waals surface area contributed by atoms with Crippen molar-refractivity contribution in [2.24, 2.45) is 5.84 Å². The maximum Gasteiger partial charge on any atom is 0.357 e. The number of nitrogens with two attached hydrogens (primary N) is 1. The zero-order valence-electron chi connectivity index (χ0n) is 9.05. The number of nitrogens with one attached hydrogen (secondary N) is 1. The Kier molecular flexibility index (Phi) is 4.12. The van der Waals surface area contributed by atoms with Crippen LogP contribution in [0.4, 0.5) is 8.78 Å². The Hall–Kier alpha value is -1.02. The summed E-state index contributed by atoms with van der Waals surface area (Å²) >= 11 is 11.1. The Morgan fingerprint density at radius 3 is 2.28 bits per heavy atom. The zero-order valence-corrected chi connectivity index (χ0v) is 10.6. The number of amides is 1. The first-order valence-electron chi connectivity index (χ1n) is 4.57. The van der Waals surface area contributed by atoms with Crippen LogP contribution in [0.25, 0.3) is 0 Å². The van der Waals surface area contributed by atoms with Crippen molar-refractivity contribution < 1.29 is 18.7 Å². The second-order valence-electron chi connectivity index (χ2n) is 3.62. The summed E-state index contributed by atoms with van der Waals surface area (Å²) in [6, 6.07) is 1.95. The fraction of sp³-hybridized carbons (Fsp3) is 0.333. The SMILES string of the molecule is CC(O)(c1cc(Cl)nc(Cl)c1)C(F)(F)C(=O)NN. The number of pyridine rings is 1. The summed E-state index contributed by atoms with van der Waals surface area (Å²) in [5, 5.41) is 9.47. The molecule has 0 bridgehead atoms. The van der Waals surface area contributed by atoms with Crippen LogP contribution in [0.3, 0.4) is 0 Å². The van der Waals surface area contributed by atoms with Crippen LogP contribution in [-0.4, -0.2) is 21.9 Å². The van der Waals surface area contributed by atoms with Gasteiger partial charge in [0.05, 0.1) is 0 Å². The highest BCUT2D eigenvalue weighted by molar-refractivity contribution is 6.32. The van der Waals surface area contributed by atoms with E-state index in [9.17, 15) is 18.7 Å². The van der Waals surface area contributed by atoms with Crippen molar-refractivity contribution in [1.82, 2.24) is 10.4 Å². The number of carbonyl (C=O) groups excluding carboxylic acids is 1.